The van der Waals surface area contributed by atoms with Crippen LogP contribution in [0.3, 0.4) is 0 Å². The van der Waals surface area contributed by atoms with Crippen LogP contribution in [0.4, 0.5) is 5.82 Å². The molecule has 2 fully saturated rings. The van der Waals surface area contributed by atoms with Crippen molar-refractivity contribution in [3.63, 3.8) is 0 Å². The number of nitrogens with one attached hydrogen (secondary N) is 1. The number of anilines is 1. The number of nitrogens with zero attached hydrogens (tertiary/aromatic N) is 6. The van der Waals surface area contributed by atoms with Crippen LogP contribution >= 0.6 is 23.2 Å². The molecule has 4 atom stereocenters. The number of aromatic amines is 1. The lowest BCUT2D eigenvalue weighted by atomic mass is 9.95. The Morgan fingerprint density at radius 2 is 2.03 bits per heavy atom. The third-order valence-electron chi connectivity index (χ3n) is 6.84. The fourth-order valence-electron chi connectivity index (χ4n) is 5.30. The molecule has 4 N–H and O–H groups in total. The maximum absolute atomic E-state index is 10.6. The van der Waals surface area contributed by atoms with E-state index >= 15 is 0 Å². The van der Waals surface area contributed by atoms with Crippen molar-refractivity contribution in [1.29, 1.82) is 0 Å². The van der Waals surface area contributed by atoms with Gasteiger partial charge in [0.15, 0.2) is 5.82 Å². The van der Waals surface area contributed by atoms with Crippen molar-refractivity contribution in [2.45, 2.75) is 50.4 Å². The van der Waals surface area contributed by atoms with Crippen molar-refractivity contribution in [3.05, 3.63) is 28.0 Å². The lowest BCUT2D eigenvalue weighted by Gasteiger charge is -2.42. The predicted molar refractivity (Wildman–Crippen MR) is 124 cm³/mol. The molecule has 2 saturated heterocycles. The molecule has 6 rings (SSSR count). The Kier molecular flexibility index (Phi) is 4.42. The summed E-state index contributed by atoms with van der Waals surface area (Å²) < 4.78 is 1.59. The van der Waals surface area contributed by atoms with E-state index in [2.05, 4.69) is 20.2 Å². The number of aryl methyl sites for hydroxylation is 2. The van der Waals surface area contributed by atoms with Crippen LogP contribution in [0.25, 0.3) is 33.3 Å². The van der Waals surface area contributed by atoms with E-state index in [0.29, 0.717) is 32.4 Å². The summed E-state index contributed by atoms with van der Waals surface area (Å²) in [6.07, 6.45) is 2.05. The molecule has 0 unspecified atom stereocenters. The summed E-state index contributed by atoms with van der Waals surface area (Å²) in [5.41, 5.74) is 10.2. The Labute approximate surface area is 193 Å². The molecule has 2 aliphatic heterocycles. The average molecular weight is 473 g/mol. The van der Waals surface area contributed by atoms with Gasteiger partial charge in [-0.05, 0) is 38.3 Å². The Balaban J connectivity index is 1.47. The summed E-state index contributed by atoms with van der Waals surface area (Å²) >= 11 is 13.2. The first-order chi connectivity index (χ1) is 15.3. The van der Waals surface area contributed by atoms with Crippen LogP contribution < -0.4 is 10.6 Å². The number of hydrogen-bond acceptors (Lipinski definition) is 7. The van der Waals surface area contributed by atoms with Gasteiger partial charge in [0, 0.05) is 24.7 Å². The average Bonchev–Trinajstić information content (AvgIpc) is 3.40. The summed E-state index contributed by atoms with van der Waals surface area (Å²) in [5.74, 6) is 0.755. The first-order valence-electron chi connectivity index (χ1n) is 10.6. The number of fused-ring (bicyclic) bond motifs is 4. The van der Waals surface area contributed by atoms with Crippen LogP contribution in [0, 0.1) is 6.92 Å². The molecular weight excluding hydrogens is 451 g/mol. The van der Waals surface area contributed by atoms with E-state index in [1.165, 1.54) is 0 Å². The number of halogens is 2. The summed E-state index contributed by atoms with van der Waals surface area (Å²) in [6.45, 7) is 1.93. The third-order valence-corrected chi connectivity index (χ3v) is 7.67. The summed E-state index contributed by atoms with van der Waals surface area (Å²) in [5, 5.41) is 24.1. The largest absolute Gasteiger partial charge is 0.389 e. The molecule has 2 aliphatic rings. The van der Waals surface area contributed by atoms with Crippen molar-refractivity contribution in [2.75, 3.05) is 4.90 Å². The normalized spacial score (nSPS) is 25.4. The molecule has 0 spiro atoms. The highest BCUT2D eigenvalue weighted by atomic mass is 35.5. The SMILES string of the molecule is Cc1nc2c(-c3ccc4nn(C)c(Cl)c4c3Cl)[nH]nc2nc1N1[C@@H]2CC[C@H]1[C@@H](O)[C@@H](N)C2. The number of aromatic nitrogens is 6. The van der Waals surface area contributed by atoms with E-state index in [4.69, 9.17) is 38.9 Å². The second-order valence-corrected chi connectivity index (χ2v) is 9.47. The van der Waals surface area contributed by atoms with Crippen molar-refractivity contribution >= 4 is 51.1 Å². The molecule has 166 valence electrons. The van der Waals surface area contributed by atoms with Gasteiger partial charge in [-0.3, -0.25) is 9.78 Å². The van der Waals surface area contributed by atoms with E-state index in [0.717, 1.165) is 41.9 Å². The number of hydrogen-bond donors (Lipinski definition) is 3. The minimum atomic E-state index is -0.574. The summed E-state index contributed by atoms with van der Waals surface area (Å²) in [6, 6.07) is 3.77. The standard InChI is InChI=1S/C21H22Cl2N8O/c1-8-21(31-9-3-6-13(31)18(32)11(24)7-9)26-20-17(25-8)16(27-28-20)10-4-5-12-14(15(10)22)19(23)30(2)29-12/h4-5,9,11,13,18,32H,3,6-7,24H2,1-2H3,(H,26,27,28)/t9-,11+,13+,18+/m1/s1. The van der Waals surface area contributed by atoms with E-state index in [1.807, 2.05) is 19.1 Å². The van der Waals surface area contributed by atoms with Crippen LogP contribution in [0.2, 0.25) is 10.2 Å². The first kappa shape index (κ1) is 20.2. The zero-order valence-electron chi connectivity index (χ0n) is 17.5. The topological polar surface area (TPSA) is 122 Å². The van der Waals surface area contributed by atoms with Gasteiger partial charge in [-0.25, -0.2) is 9.97 Å². The first-order valence-corrected chi connectivity index (χ1v) is 11.4. The second-order valence-electron chi connectivity index (χ2n) is 8.74. The zero-order chi connectivity index (χ0) is 22.3. The van der Waals surface area contributed by atoms with Crippen LogP contribution in [0.15, 0.2) is 12.1 Å². The van der Waals surface area contributed by atoms with E-state index in [9.17, 15) is 5.11 Å². The summed E-state index contributed by atoms with van der Waals surface area (Å²) in [7, 11) is 1.78. The lowest BCUT2D eigenvalue weighted by Crippen LogP contribution is -2.57. The van der Waals surface area contributed by atoms with Gasteiger partial charge >= 0.3 is 0 Å². The minimum Gasteiger partial charge on any atom is -0.389 e. The number of benzene rings is 1. The van der Waals surface area contributed by atoms with Crippen LogP contribution in [0.1, 0.15) is 25.0 Å². The number of aliphatic hydroxyl groups is 1. The predicted octanol–water partition coefficient (Wildman–Crippen LogP) is 2.95. The molecule has 11 heteroatoms. The number of nitrogens with two attached hydrogens (primary N) is 1. The molecule has 5 heterocycles. The van der Waals surface area contributed by atoms with Gasteiger partial charge in [-0.2, -0.15) is 10.2 Å². The number of piperidine rings is 1. The third kappa shape index (κ3) is 2.71. The van der Waals surface area contributed by atoms with Gasteiger partial charge in [-0.1, -0.05) is 23.2 Å². The van der Waals surface area contributed by atoms with Crippen molar-refractivity contribution in [3.8, 4) is 11.3 Å². The molecule has 0 radical (unpaired) electrons. The van der Waals surface area contributed by atoms with Gasteiger partial charge in [0.05, 0.1) is 39.5 Å². The molecule has 0 amide bonds. The Bertz CT molecular complexity index is 1380. The Morgan fingerprint density at radius 1 is 1.22 bits per heavy atom. The van der Waals surface area contributed by atoms with E-state index in [1.54, 1.807) is 11.7 Å². The van der Waals surface area contributed by atoms with Crippen molar-refractivity contribution in [2.24, 2.45) is 12.8 Å². The highest BCUT2D eigenvalue weighted by Gasteiger charge is 2.46. The second kappa shape index (κ2) is 7.02. The van der Waals surface area contributed by atoms with Gasteiger partial charge in [0.1, 0.15) is 10.7 Å². The van der Waals surface area contributed by atoms with Crippen LogP contribution in [0.5, 0.6) is 0 Å². The molecule has 2 bridgehead atoms. The monoisotopic (exact) mass is 472 g/mol. The molecule has 0 aliphatic carbocycles. The van der Waals surface area contributed by atoms with Gasteiger partial charge in [0.25, 0.3) is 0 Å². The Morgan fingerprint density at radius 3 is 2.84 bits per heavy atom. The van der Waals surface area contributed by atoms with Crippen molar-refractivity contribution in [1.82, 2.24) is 29.9 Å². The summed E-state index contributed by atoms with van der Waals surface area (Å²) in [4.78, 5) is 11.9. The highest BCUT2D eigenvalue weighted by molar-refractivity contribution is 6.43. The van der Waals surface area contributed by atoms with E-state index in [-0.39, 0.29) is 18.1 Å². The molecule has 3 aromatic heterocycles. The number of aliphatic hydroxyl groups excluding tert-OH is 1. The fourth-order valence-corrected chi connectivity index (χ4v) is 5.92. The molecule has 4 aromatic rings. The highest BCUT2D eigenvalue weighted by Crippen LogP contribution is 2.41. The van der Waals surface area contributed by atoms with Gasteiger partial charge in [0.2, 0.25) is 5.65 Å². The van der Waals surface area contributed by atoms with Crippen LogP contribution in [-0.4, -0.2) is 59.3 Å². The number of H-pyrrole nitrogens is 1. The molecular formula is C21H22Cl2N8O. The lowest BCUT2D eigenvalue weighted by molar-refractivity contribution is 0.0980. The maximum atomic E-state index is 10.6. The smallest absolute Gasteiger partial charge is 0.202 e. The molecule has 1 aromatic carbocycles. The zero-order valence-corrected chi connectivity index (χ0v) is 19.1. The van der Waals surface area contributed by atoms with Crippen molar-refractivity contribution < 1.29 is 5.11 Å². The maximum Gasteiger partial charge on any atom is 0.202 e. The quantitative estimate of drug-likeness (QED) is 0.409. The molecule has 9 nitrogen and oxygen atoms in total. The fraction of sp³-hybridized carbons (Fsp3) is 0.429. The van der Waals surface area contributed by atoms with Gasteiger partial charge < -0.3 is 15.7 Å². The van der Waals surface area contributed by atoms with E-state index < -0.39 is 6.10 Å². The number of rotatable bonds is 2. The molecule has 32 heavy (non-hydrogen) atoms. The Hall–Kier alpha value is -2.46. The van der Waals surface area contributed by atoms with Gasteiger partial charge in [-0.15, -0.1) is 0 Å². The minimum absolute atomic E-state index is 0.0443. The molecule has 0 saturated carbocycles. The van der Waals surface area contributed by atoms with Crippen LogP contribution in [-0.2, 0) is 7.05 Å².